The fraction of sp³-hybridized carbons (Fsp3) is 0.429. The zero-order valence-corrected chi connectivity index (χ0v) is 11.1. The van der Waals surface area contributed by atoms with Crippen molar-refractivity contribution in [3.8, 4) is 0 Å². The Balaban J connectivity index is 2.53. The van der Waals surface area contributed by atoms with Crippen LogP contribution in [0.25, 0.3) is 0 Å². The van der Waals surface area contributed by atoms with Gasteiger partial charge in [-0.2, -0.15) is 0 Å². The summed E-state index contributed by atoms with van der Waals surface area (Å²) in [5.41, 5.74) is 1.66. The molecule has 0 heterocycles. The van der Waals surface area contributed by atoms with Crippen LogP contribution in [0.1, 0.15) is 36.2 Å². The molecule has 1 rings (SSSR count). The van der Waals surface area contributed by atoms with E-state index in [0.717, 1.165) is 12.0 Å². The van der Waals surface area contributed by atoms with Crippen LogP contribution in [0.5, 0.6) is 0 Å². The van der Waals surface area contributed by atoms with Crippen molar-refractivity contribution in [3.05, 3.63) is 35.4 Å². The quantitative estimate of drug-likeness (QED) is 0.832. The van der Waals surface area contributed by atoms with Gasteiger partial charge in [-0.1, -0.05) is 24.6 Å². The molecule has 0 saturated carbocycles. The van der Waals surface area contributed by atoms with Crippen molar-refractivity contribution in [2.24, 2.45) is 0 Å². The van der Waals surface area contributed by atoms with Crippen molar-refractivity contribution in [1.29, 1.82) is 0 Å². The number of aryl methyl sites for hydroxylation is 1. The molecule has 0 aliphatic heterocycles. The molecule has 0 aliphatic carbocycles. The lowest BCUT2D eigenvalue weighted by Crippen LogP contribution is -2.44. The van der Waals surface area contributed by atoms with Gasteiger partial charge in [0.15, 0.2) is 0 Å². The fourth-order valence-corrected chi connectivity index (χ4v) is 1.45. The smallest absolute Gasteiger partial charge is 0.251 e. The molecule has 4 heteroatoms. The number of hydrogen-bond donors (Lipinski definition) is 2. The maximum Gasteiger partial charge on any atom is 0.251 e. The molecule has 0 unspecified atom stereocenters. The molecule has 1 aromatic carbocycles. The molecule has 2 amide bonds. The molecule has 1 aromatic rings. The molecule has 0 fully saturated rings. The predicted molar refractivity (Wildman–Crippen MR) is 71.4 cm³/mol. The minimum absolute atomic E-state index is 0.155. The fourth-order valence-electron chi connectivity index (χ4n) is 1.45. The Morgan fingerprint density at radius 1 is 1.22 bits per heavy atom. The lowest BCUT2D eigenvalue weighted by molar-refractivity contribution is -0.122. The van der Waals surface area contributed by atoms with E-state index in [1.807, 2.05) is 26.0 Å². The third-order valence-corrected chi connectivity index (χ3v) is 2.60. The van der Waals surface area contributed by atoms with E-state index in [4.69, 9.17) is 0 Å². The summed E-state index contributed by atoms with van der Waals surface area (Å²) in [6.07, 6.45) is 0.879. The molecule has 0 spiro atoms. The zero-order valence-electron chi connectivity index (χ0n) is 11.1. The Labute approximate surface area is 108 Å². The third kappa shape index (κ3) is 4.20. The molecule has 0 bridgehead atoms. The number of rotatable bonds is 5. The van der Waals surface area contributed by atoms with Gasteiger partial charge < -0.3 is 10.6 Å². The van der Waals surface area contributed by atoms with Gasteiger partial charge in [0.25, 0.3) is 5.91 Å². The van der Waals surface area contributed by atoms with Crippen LogP contribution >= 0.6 is 0 Å². The molecule has 98 valence electrons. The summed E-state index contributed by atoms with van der Waals surface area (Å²) in [4.78, 5) is 23.5. The topological polar surface area (TPSA) is 58.2 Å². The Hall–Kier alpha value is -1.84. The van der Waals surface area contributed by atoms with Crippen LogP contribution in [0.3, 0.4) is 0 Å². The molecule has 0 aromatic heterocycles. The van der Waals surface area contributed by atoms with E-state index >= 15 is 0 Å². The van der Waals surface area contributed by atoms with Crippen LogP contribution in [-0.2, 0) is 4.79 Å². The Morgan fingerprint density at radius 3 is 2.39 bits per heavy atom. The second kappa shape index (κ2) is 6.79. The lowest BCUT2D eigenvalue weighted by Gasteiger charge is -2.13. The van der Waals surface area contributed by atoms with Gasteiger partial charge in [-0.15, -0.1) is 0 Å². The highest BCUT2D eigenvalue weighted by Crippen LogP contribution is 2.03. The summed E-state index contributed by atoms with van der Waals surface area (Å²) in [5.74, 6) is -0.383. The summed E-state index contributed by atoms with van der Waals surface area (Å²) in [6, 6.07) is 6.72. The molecule has 2 N–H and O–H groups in total. The average molecular weight is 248 g/mol. The van der Waals surface area contributed by atoms with Gasteiger partial charge in [-0.05, 0) is 32.4 Å². The minimum atomic E-state index is -0.523. The second-order valence-electron chi connectivity index (χ2n) is 4.35. The van der Waals surface area contributed by atoms with Gasteiger partial charge in [0, 0.05) is 12.1 Å². The first-order chi connectivity index (χ1) is 8.54. The SMILES string of the molecule is CCCNC(=O)[C@H](C)NC(=O)c1ccc(C)cc1. The van der Waals surface area contributed by atoms with E-state index in [2.05, 4.69) is 10.6 Å². The molecule has 1 atom stereocenters. The number of carbonyl (C=O) groups is 2. The van der Waals surface area contributed by atoms with Crippen molar-refractivity contribution in [2.75, 3.05) is 6.54 Å². The highest BCUT2D eigenvalue weighted by molar-refractivity contribution is 5.97. The molecule has 0 radical (unpaired) electrons. The maximum atomic E-state index is 11.9. The first-order valence-corrected chi connectivity index (χ1v) is 6.19. The van der Waals surface area contributed by atoms with E-state index in [-0.39, 0.29) is 11.8 Å². The van der Waals surface area contributed by atoms with Crippen LogP contribution in [-0.4, -0.2) is 24.4 Å². The molecular formula is C14H20N2O2. The van der Waals surface area contributed by atoms with E-state index < -0.39 is 6.04 Å². The van der Waals surface area contributed by atoms with Crippen LogP contribution in [0.4, 0.5) is 0 Å². The van der Waals surface area contributed by atoms with Crippen LogP contribution < -0.4 is 10.6 Å². The van der Waals surface area contributed by atoms with E-state index in [1.165, 1.54) is 0 Å². The van der Waals surface area contributed by atoms with Crippen molar-refractivity contribution >= 4 is 11.8 Å². The van der Waals surface area contributed by atoms with E-state index in [1.54, 1.807) is 19.1 Å². The summed E-state index contributed by atoms with van der Waals surface area (Å²) in [7, 11) is 0. The minimum Gasteiger partial charge on any atom is -0.354 e. The summed E-state index contributed by atoms with van der Waals surface area (Å²) >= 11 is 0. The van der Waals surface area contributed by atoms with Crippen LogP contribution in [0.2, 0.25) is 0 Å². The van der Waals surface area contributed by atoms with Gasteiger partial charge in [-0.3, -0.25) is 9.59 Å². The van der Waals surface area contributed by atoms with Gasteiger partial charge in [-0.25, -0.2) is 0 Å². The number of hydrogen-bond acceptors (Lipinski definition) is 2. The summed E-state index contributed by atoms with van der Waals surface area (Å²) < 4.78 is 0. The highest BCUT2D eigenvalue weighted by atomic mass is 16.2. The third-order valence-electron chi connectivity index (χ3n) is 2.60. The first kappa shape index (κ1) is 14.2. The molecule has 0 aliphatic rings. The zero-order chi connectivity index (χ0) is 13.5. The lowest BCUT2D eigenvalue weighted by atomic mass is 10.1. The maximum absolute atomic E-state index is 11.9. The number of benzene rings is 1. The van der Waals surface area contributed by atoms with Crippen LogP contribution in [0.15, 0.2) is 24.3 Å². The first-order valence-electron chi connectivity index (χ1n) is 6.19. The van der Waals surface area contributed by atoms with Gasteiger partial charge in [0.1, 0.15) is 6.04 Å². The average Bonchev–Trinajstić information content (AvgIpc) is 2.36. The molecule has 4 nitrogen and oxygen atoms in total. The normalized spacial score (nSPS) is 11.7. The molecule has 0 saturated heterocycles. The highest BCUT2D eigenvalue weighted by Gasteiger charge is 2.15. The van der Waals surface area contributed by atoms with Crippen molar-refractivity contribution in [2.45, 2.75) is 33.2 Å². The molecular weight excluding hydrogens is 228 g/mol. The Morgan fingerprint density at radius 2 is 1.83 bits per heavy atom. The number of carbonyl (C=O) groups excluding carboxylic acids is 2. The van der Waals surface area contributed by atoms with Crippen molar-refractivity contribution < 1.29 is 9.59 Å². The van der Waals surface area contributed by atoms with E-state index in [0.29, 0.717) is 12.1 Å². The number of amides is 2. The predicted octanol–water partition coefficient (Wildman–Crippen LogP) is 1.64. The van der Waals surface area contributed by atoms with Crippen LogP contribution in [0, 0.1) is 6.92 Å². The monoisotopic (exact) mass is 248 g/mol. The molecule has 18 heavy (non-hydrogen) atoms. The van der Waals surface area contributed by atoms with Gasteiger partial charge in [0.2, 0.25) is 5.91 Å². The van der Waals surface area contributed by atoms with Crippen molar-refractivity contribution in [1.82, 2.24) is 10.6 Å². The summed E-state index contributed by atoms with van der Waals surface area (Å²) in [6.45, 7) is 6.25. The standard InChI is InChI=1S/C14H20N2O2/c1-4-9-15-13(17)11(3)16-14(18)12-7-5-10(2)6-8-12/h5-8,11H,4,9H2,1-3H3,(H,15,17)(H,16,18)/t11-/m0/s1. The Kier molecular flexibility index (Phi) is 5.36. The Bertz CT molecular complexity index is 412. The van der Waals surface area contributed by atoms with Gasteiger partial charge >= 0.3 is 0 Å². The van der Waals surface area contributed by atoms with Gasteiger partial charge in [0.05, 0.1) is 0 Å². The number of nitrogens with one attached hydrogen (secondary N) is 2. The van der Waals surface area contributed by atoms with E-state index in [9.17, 15) is 9.59 Å². The second-order valence-corrected chi connectivity index (χ2v) is 4.35. The van der Waals surface area contributed by atoms with Crippen molar-refractivity contribution in [3.63, 3.8) is 0 Å². The largest absolute Gasteiger partial charge is 0.354 e. The summed E-state index contributed by atoms with van der Waals surface area (Å²) in [5, 5.41) is 5.42.